The van der Waals surface area contributed by atoms with E-state index in [2.05, 4.69) is 0 Å². The fourth-order valence-electron chi connectivity index (χ4n) is 1.72. The first-order valence-electron chi connectivity index (χ1n) is 5.07. The van der Waals surface area contributed by atoms with Gasteiger partial charge in [-0.3, -0.25) is 4.90 Å². The largest absolute Gasteiger partial charge is 0.478 e. The van der Waals surface area contributed by atoms with E-state index in [4.69, 9.17) is 21.4 Å². The van der Waals surface area contributed by atoms with Crippen molar-refractivity contribution in [1.82, 2.24) is 0 Å². The number of aromatic carboxylic acids is 1. The number of hydrogen-bond acceptors (Lipinski definition) is 3. The Kier molecular flexibility index (Phi) is 3.19. The minimum atomic E-state index is -1.16. The molecule has 0 unspecified atom stereocenters. The molecule has 0 aliphatic carbocycles. The van der Waals surface area contributed by atoms with Gasteiger partial charge >= 0.3 is 12.1 Å². The summed E-state index contributed by atoms with van der Waals surface area (Å²) >= 11 is 5.83. The topological polar surface area (TPSA) is 66.8 Å². The highest BCUT2D eigenvalue weighted by atomic mass is 35.5. The third-order valence-electron chi connectivity index (χ3n) is 2.47. The SMILES string of the molecule is O=C(O)c1c(Cl)cccc1N1CCCOC1=O. The van der Waals surface area contributed by atoms with E-state index in [0.717, 1.165) is 0 Å². The monoisotopic (exact) mass is 255 g/mol. The first-order chi connectivity index (χ1) is 8.11. The molecule has 0 aromatic heterocycles. The van der Waals surface area contributed by atoms with E-state index in [-0.39, 0.29) is 16.3 Å². The summed E-state index contributed by atoms with van der Waals surface area (Å²) in [6, 6.07) is 4.62. The highest BCUT2D eigenvalue weighted by Crippen LogP contribution is 2.29. The van der Waals surface area contributed by atoms with Crippen LogP contribution in [0.25, 0.3) is 0 Å². The summed E-state index contributed by atoms with van der Waals surface area (Å²) < 4.78 is 4.87. The van der Waals surface area contributed by atoms with Gasteiger partial charge in [0.2, 0.25) is 0 Å². The summed E-state index contributed by atoms with van der Waals surface area (Å²) in [4.78, 5) is 24.0. The Labute approximate surface area is 103 Å². The highest BCUT2D eigenvalue weighted by Gasteiger charge is 2.26. The number of benzene rings is 1. The molecule has 17 heavy (non-hydrogen) atoms. The Morgan fingerprint density at radius 3 is 2.88 bits per heavy atom. The molecule has 0 atom stereocenters. The molecular weight excluding hydrogens is 246 g/mol. The average molecular weight is 256 g/mol. The number of rotatable bonds is 2. The highest BCUT2D eigenvalue weighted by molar-refractivity contribution is 6.34. The molecule has 0 radical (unpaired) electrons. The lowest BCUT2D eigenvalue weighted by Gasteiger charge is -2.27. The van der Waals surface area contributed by atoms with Gasteiger partial charge in [0.05, 0.1) is 17.3 Å². The maximum absolute atomic E-state index is 11.5. The average Bonchev–Trinajstić information content (AvgIpc) is 2.28. The lowest BCUT2D eigenvalue weighted by atomic mass is 10.1. The molecule has 0 bridgehead atoms. The molecule has 1 fully saturated rings. The maximum Gasteiger partial charge on any atom is 0.414 e. The lowest BCUT2D eigenvalue weighted by molar-refractivity contribution is 0.0697. The lowest BCUT2D eigenvalue weighted by Crippen LogP contribution is -2.38. The Morgan fingerprint density at radius 1 is 1.47 bits per heavy atom. The van der Waals surface area contributed by atoms with Crippen LogP contribution in [0.2, 0.25) is 5.02 Å². The van der Waals surface area contributed by atoms with Crippen molar-refractivity contribution in [2.75, 3.05) is 18.1 Å². The maximum atomic E-state index is 11.5. The van der Waals surface area contributed by atoms with Crippen LogP contribution in [-0.2, 0) is 4.74 Å². The van der Waals surface area contributed by atoms with Crippen molar-refractivity contribution in [2.45, 2.75) is 6.42 Å². The molecule has 5 nitrogen and oxygen atoms in total. The molecule has 1 aromatic carbocycles. The zero-order valence-electron chi connectivity index (χ0n) is 8.85. The van der Waals surface area contributed by atoms with Gasteiger partial charge < -0.3 is 9.84 Å². The predicted octanol–water partition coefficient (Wildman–Crippen LogP) is 2.38. The summed E-state index contributed by atoms with van der Waals surface area (Å²) in [5.41, 5.74) is 0.197. The van der Waals surface area contributed by atoms with Gasteiger partial charge in [0.1, 0.15) is 5.56 Å². The Balaban J connectivity index is 2.47. The van der Waals surface area contributed by atoms with Crippen molar-refractivity contribution in [3.63, 3.8) is 0 Å². The van der Waals surface area contributed by atoms with Crippen LogP contribution in [-0.4, -0.2) is 30.3 Å². The molecule has 90 valence electrons. The van der Waals surface area contributed by atoms with Crippen LogP contribution in [0.5, 0.6) is 0 Å². The molecule has 6 heteroatoms. The zero-order valence-corrected chi connectivity index (χ0v) is 9.61. The molecule has 1 aliphatic rings. The molecule has 1 heterocycles. The van der Waals surface area contributed by atoms with Crippen molar-refractivity contribution in [3.05, 3.63) is 28.8 Å². The number of anilines is 1. The number of carboxylic acid groups (broad SMARTS) is 1. The van der Waals surface area contributed by atoms with Crippen molar-refractivity contribution >= 4 is 29.4 Å². The van der Waals surface area contributed by atoms with Crippen molar-refractivity contribution in [2.24, 2.45) is 0 Å². The summed E-state index contributed by atoms with van der Waals surface area (Å²) in [6.07, 6.45) is 0.123. The molecule has 1 saturated heterocycles. The van der Waals surface area contributed by atoms with Gasteiger partial charge in [0, 0.05) is 6.54 Å². The molecule has 1 amide bonds. The Morgan fingerprint density at radius 2 is 2.24 bits per heavy atom. The number of carboxylic acids is 1. The van der Waals surface area contributed by atoms with Crippen molar-refractivity contribution in [1.29, 1.82) is 0 Å². The van der Waals surface area contributed by atoms with Crippen LogP contribution in [0, 0.1) is 0 Å². The molecule has 2 rings (SSSR count). The number of halogens is 1. The summed E-state index contributed by atoms with van der Waals surface area (Å²) in [5, 5.41) is 9.21. The van der Waals surface area contributed by atoms with E-state index in [9.17, 15) is 9.59 Å². The third kappa shape index (κ3) is 2.19. The number of nitrogens with zero attached hydrogens (tertiary/aromatic N) is 1. The number of ether oxygens (including phenoxy) is 1. The number of hydrogen-bond donors (Lipinski definition) is 1. The first-order valence-corrected chi connectivity index (χ1v) is 5.45. The van der Waals surface area contributed by atoms with Gasteiger partial charge in [0.15, 0.2) is 0 Å². The smallest absolute Gasteiger partial charge is 0.414 e. The quantitative estimate of drug-likeness (QED) is 0.881. The minimum absolute atomic E-state index is 0.0759. The van der Waals surface area contributed by atoms with Gasteiger partial charge in [-0.05, 0) is 18.6 Å². The Hall–Kier alpha value is -1.75. The second-order valence-electron chi connectivity index (χ2n) is 3.56. The predicted molar refractivity (Wildman–Crippen MR) is 61.7 cm³/mol. The van der Waals surface area contributed by atoms with E-state index in [1.54, 1.807) is 12.1 Å². The normalized spacial score (nSPS) is 15.6. The second-order valence-corrected chi connectivity index (χ2v) is 3.97. The van der Waals surface area contributed by atoms with Gasteiger partial charge in [0.25, 0.3) is 0 Å². The summed E-state index contributed by atoms with van der Waals surface area (Å²) in [6.45, 7) is 0.789. The number of cyclic esters (lactones) is 1. The molecule has 1 aliphatic heterocycles. The second kappa shape index (κ2) is 4.63. The van der Waals surface area contributed by atoms with E-state index >= 15 is 0 Å². The molecular formula is C11H10ClNO4. The first kappa shape index (κ1) is 11.7. The fraction of sp³-hybridized carbons (Fsp3) is 0.273. The van der Waals surface area contributed by atoms with Crippen LogP contribution >= 0.6 is 11.6 Å². The van der Waals surface area contributed by atoms with E-state index in [1.165, 1.54) is 11.0 Å². The third-order valence-corrected chi connectivity index (χ3v) is 2.78. The van der Waals surface area contributed by atoms with Gasteiger partial charge in [-0.25, -0.2) is 9.59 Å². The number of amides is 1. The van der Waals surface area contributed by atoms with Crippen molar-refractivity contribution < 1.29 is 19.4 Å². The van der Waals surface area contributed by atoms with E-state index in [1.807, 2.05) is 0 Å². The minimum Gasteiger partial charge on any atom is -0.478 e. The summed E-state index contributed by atoms with van der Waals surface area (Å²) in [7, 11) is 0. The van der Waals surface area contributed by atoms with Crippen LogP contribution < -0.4 is 4.90 Å². The van der Waals surface area contributed by atoms with Crippen LogP contribution in [0.3, 0.4) is 0 Å². The standard InChI is InChI=1S/C11H10ClNO4/c12-7-3-1-4-8(9(7)10(14)15)13-5-2-6-17-11(13)16/h1,3-4H,2,5-6H2,(H,14,15). The van der Waals surface area contributed by atoms with Gasteiger partial charge in [-0.2, -0.15) is 0 Å². The Bertz CT molecular complexity index is 475. The van der Waals surface area contributed by atoms with Gasteiger partial charge in [-0.15, -0.1) is 0 Å². The fourth-order valence-corrected chi connectivity index (χ4v) is 1.97. The van der Waals surface area contributed by atoms with Crippen LogP contribution in [0.1, 0.15) is 16.8 Å². The van der Waals surface area contributed by atoms with Crippen molar-refractivity contribution in [3.8, 4) is 0 Å². The molecule has 0 saturated carbocycles. The van der Waals surface area contributed by atoms with Gasteiger partial charge in [-0.1, -0.05) is 17.7 Å². The number of carbonyl (C=O) groups is 2. The van der Waals surface area contributed by atoms with Crippen LogP contribution in [0.4, 0.5) is 10.5 Å². The molecule has 1 N–H and O–H groups in total. The van der Waals surface area contributed by atoms with E-state index < -0.39 is 12.1 Å². The molecule has 1 aromatic rings. The summed E-state index contributed by atoms with van der Waals surface area (Å²) in [5.74, 6) is -1.16. The van der Waals surface area contributed by atoms with E-state index in [0.29, 0.717) is 19.6 Å². The molecule has 0 spiro atoms. The number of carbonyl (C=O) groups excluding carboxylic acids is 1. The van der Waals surface area contributed by atoms with Crippen LogP contribution in [0.15, 0.2) is 18.2 Å². The zero-order chi connectivity index (χ0) is 12.4.